The number of aliphatic carboxylic acids is 2. The van der Waals surface area contributed by atoms with E-state index in [9.17, 15) is 14.4 Å². The normalized spacial score (nSPS) is 20.1. The van der Waals surface area contributed by atoms with Crippen molar-refractivity contribution in [3.05, 3.63) is 23.8 Å². The quantitative estimate of drug-likeness (QED) is 0.500. The third-order valence-corrected chi connectivity index (χ3v) is 1.69. The molecule has 0 amide bonds. The third-order valence-electron chi connectivity index (χ3n) is 1.69. The lowest BCUT2D eigenvalue weighted by molar-refractivity contribution is -0.144. The maximum atomic E-state index is 10.8. The monoisotopic (exact) mass is 212 g/mol. The smallest absolute Gasteiger partial charge is 0.331 e. The van der Waals surface area contributed by atoms with Gasteiger partial charge in [-0.25, -0.2) is 9.59 Å². The topological polar surface area (TPSA) is 101 Å². The second-order valence-corrected chi connectivity index (χ2v) is 2.84. The number of carbonyl (C=O) groups is 3. The van der Waals surface area contributed by atoms with Crippen LogP contribution in [0.2, 0.25) is 0 Å². The van der Waals surface area contributed by atoms with Crippen molar-refractivity contribution in [2.45, 2.75) is 12.5 Å². The van der Waals surface area contributed by atoms with Gasteiger partial charge in [-0.3, -0.25) is 4.79 Å². The fourth-order valence-corrected chi connectivity index (χ4v) is 1.11. The Morgan fingerprint density at radius 3 is 2.67 bits per heavy atom. The molecular formula is C9H8O6. The number of esters is 1. The van der Waals surface area contributed by atoms with Crippen molar-refractivity contribution in [1.29, 1.82) is 0 Å². The van der Waals surface area contributed by atoms with Crippen LogP contribution in [0.5, 0.6) is 0 Å². The number of hydrogen-bond donors (Lipinski definition) is 2. The van der Waals surface area contributed by atoms with E-state index in [1.54, 1.807) is 0 Å². The van der Waals surface area contributed by atoms with Crippen LogP contribution in [0.3, 0.4) is 0 Å². The summed E-state index contributed by atoms with van der Waals surface area (Å²) < 4.78 is 4.66. The van der Waals surface area contributed by atoms with E-state index in [0.29, 0.717) is 0 Å². The predicted molar refractivity (Wildman–Crippen MR) is 47.0 cm³/mol. The Balaban J connectivity index is 2.74. The van der Waals surface area contributed by atoms with Gasteiger partial charge in [0.1, 0.15) is 6.10 Å². The van der Waals surface area contributed by atoms with Gasteiger partial charge in [0, 0.05) is 17.7 Å². The molecule has 0 aromatic carbocycles. The fourth-order valence-electron chi connectivity index (χ4n) is 1.11. The number of hydrogen-bond acceptors (Lipinski definition) is 4. The average molecular weight is 212 g/mol. The first-order valence-corrected chi connectivity index (χ1v) is 4.04. The molecular weight excluding hydrogens is 204 g/mol. The number of carbonyl (C=O) groups excluding carboxylic acids is 1. The average Bonchev–Trinajstić information content (AvgIpc) is 2.41. The van der Waals surface area contributed by atoms with Gasteiger partial charge in [0.15, 0.2) is 0 Å². The van der Waals surface area contributed by atoms with Gasteiger partial charge in [0.2, 0.25) is 0 Å². The van der Waals surface area contributed by atoms with E-state index in [-0.39, 0.29) is 12.0 Å². The largest absolute Gasteiger partial charge is 0.481 e. The first-order valence-electron chi connectivity index (χ1n) is 4.04. The minimum absolute atomic E-state index is 0.254. The molecule has 0 aromatic rings. The van der Waals surface area contributed by atoms with Gasteiger partial charge in [-0.15, -0.1) is 0 Å². The zero-order valence-electron chi connectivity index (χ0n) is 7.54. The second-order valence-electron chi connectivity index (χ2n) is 2.84. The fraction of sp³-hybridized carbons (Fsp3) is 0.222. The van der Waals surface area contributed by atoms with E-state index >= 15 is 0 Å². The summed E-state index contributed by atoms with van der Waals surface area (Å²) in [6.07, 6.45) is 1.78. The number of ether oxygens (including phenoxy) is 1. The van der Waals surface area contributed by atoms with Gasteiger partial charge >= 0.3 is 17.9 Å². The van der Waals surface area contributed by atoms with Crippen molar-refractivity contribution >= 4 is 17.9 Å². The van der Waals surface area contributed by atoms with Crippen molar-refractivity contribution in [3.63, 3.8) is 0 Å². The summed E-state index contributed by atoms with van der Waals surface area (Å²) in [4.78, 5) is 31.4. The van der Waals surface area contributed by atoms with Crippen molar-refractivity contribution in [2.75, 3.05) is 0 Å². The van der Waals surface area contributed by atoms with E-state index in [0.717, 1.165) is 18.2 Å². The zero-order chi connectivity index (χ0) is 11.4. The van der Waals surface area contributed by atoms with Crippen molar-refractivity contribution < 1.29 is 29.3 Å². The van der Waals surface area contributed by atoms with E-state index in [4.69, 9.17) is 10.2 Å². The summed E-state index contributed by atoms with van der Waals surface area (Å²) in [6.45, 7) is 0. The highest BCUT2D eigenvalue weighted by Gasteiger charge is 2.26. The Morgan fingerprint density at radius 1 is 1.47 bits per heavy atom. The van der Waals surface area contributed by atoms with Crippen molar-refractivity contribution in [1.82, 2.24) is 0 Å². The molecule has 0 bridgehead atoms. The van der Waals surface area contributed by atoms with E-state index in [2.05, 4.69) is 4.74 Å². The zero-order valence-corrected chi connectivity index (χ0v) is 7.54. The van der Waals surface area contributed by atoms with Crippen LogP contribution < -0.4 is 0 Å². The summed E-state index contributed by atoms with van der Waals surface area (Å²) in [7, 11) is 0. The molecule has 0 spiro atoms. The molecule has 1 heterocycles. The molecule has 0 aliphatic carbocycles. The first kappa shape index (κ1) is 11.0. The lowest BCUT2D eigenvalue weighted by atomic mass is 10.1. The van der Waals surface area contributed by atoms with Crippen LogP contribution in [-0.4, -0.2) is 34.2 Å². The van der Waals surface area contributed by atoms with Crippen LogP contribution in [0.15, 0.2) is 23.8 Å². The van der Waals surface area contributed by atoms with Crippen LogP contribution in [-0.2, 0) is 19.1 Å². The van der Waals surface area contributed by atoms with E-state index < -0.39 is 24.0 Å². The minimum atomic E-state index is -1.18. The van der Waals surface area contributed by atoms with Crippen LogP contribution in [0.25, 0.3) is 0 Å². The molecule has 0 aromatic heterocycles. The lowest BCUT2D eigenvalue weighted by Gasteiger charge is -2.08. The minimum Gasteiger partial charge on any atom is -0.481 e. The van der Waals surface area contributed by atoms with E-state index in [1.807, 2.05) is 0 Å². The van der Waals surface area contributed by atoms with Gasteiger partial charge < -0.3 is 14.9 Å². The van der Waals surface area contributed by atoms with Crippen molar-refractivity contribution in [3.8, 4) is 0 Å². The lowest BCUT2D eigenvalue weighted by Crippen LogP contribution is -2.16. The highest BCUT2D eigenvalue weighted by molar-refractivity contribution is 5.88. The van der Waals surface area contributed by atoms with Crippen LogP contribution in [0, 0.1) is 0 Å². The SMILES string of the molecule is O=C(O)/C=C/C1=CC(=O)OC1CC(=O)O. The van der Waals surface area contributed by atoms with Gasteiger partial charge in [-0.2, -0.15) is 0 Å². The van der Waals surface area contributed by atoms with Crippen LogP contribution in [0.1, 0.15) is 6.42 Å². The molecule has 0 saturated carbocycles. The van der Waals surface area contributed by atoms with Gasteiger partial charge in [-0.05, 0) is 6.08 Å². The Bertz CT molecular complexity index is 365. The second kappa shape index (κ2) is 4.41. The van der Waals surface area contributed by atoms with Crippen LogP contribution >= 0.6 is 0 Å². The maximum Gasteiger partial charge on any atom is 0.331 e. The summed E-state index contributed by atoms with van der Waals surface area (Å²) in [6, 6.07) is 0. The molecule has 80 valence electrons. The number of rotatable bonds is 4. The van der Waals surface area contributed by atoms with Crippen molar-refractivity contribution in [2.24, 2.45) is 0 Å². The number of cyclic esters (lactones) is 1. The third kappa shape index (κ3) is 3.26. The van der Waals surface area contributed by atoms with Gasteiger partial charge in [-0.1, -0.05) is 0 Å². The summed E-state index contributed by atoms with van der Waals surface area (Å²) >= 11 is 0. The molecule has 0 radical (unpaired) electrons. The highest BCUT2D eigenvalue weighted by atomic mass is 16.5. The predicted octanol–water partition coefficient (Wildman–Crippen LogP) is -0.0463. The summed E-state index contributed by atoms with van der Waals surface area (Å²) in [5.41, 5.74) is 0.254. The Labute approximate surface area is 84.5 Å². The maximum absolute atomic E-state index is 10.8. The summed E-state index contributed by atoms with van der Waals surface area (Å²) in [5, 5.41) is 16.8. The molecule has 15 heavy (non-hydrogen) atoms. The molecule has 1 atom stereocenters. The number of carboxylic acids is 2. The molecule has 6 nitrogen and oxygen atoms in total. The highest BCUT2D eigenvalue weighted by Crippen LogP contribution is 2.19. The molecule has 1 unspecified atom stereocenters. The molecule has 1 rings (SSSR count). The Hall–Kier alpha value is -2.11. The van der Waals surface area contributed by atoms with Gasteiger partial charge in [0.05, 0.1) is 6.42 Å². The Kier molecular flexibility index (Phi) is 3.22. The molecule has 2 N–H and O–H groups in total. The molecule has 1 aliphatic heterocycles. The molecule has 0 saturated heterocycles. The molecule has 6 heteroatoms. The summed E-state index contributed by atoms with van der Waals surface area (Å²) in [5.74, 6) is -2.96. The Morgan fingerprint density at radius 2 is 2.13 bits per heavy atom. The standard InChI is InChI=1S/C9H8O6/c10-7(11)2-1-5-3-9(14)15-6(5)4-8(12)13/h1-3,6H,4H2,(H,10,11)(H,12,13)/b2-1+. The van der Waals surface area contributed by atoms with E-state index in [1.165, 1.54) is 0 Å². The molecule has 0 fully saturated rings. The van der Waals surface area contributed by atoms with Crippen LogP contribution in [0.4, 0.5) is 0 Å². The molecule has 1 aliphatic rings. The van der Waals surface area contributed by atoms with Gasteiger partial charge in [0.25, 0.3) is 0 Å². The first-order chi connectivity index (χ1) is 6.99. The number of carboxylic acid groups (broad SMARTS) is 2.